The number of carbonyl (C=O) groups is 2. The monoisotopic (exact) mass is 307 g/mol. The predicted molar refractivity (Wildman–Crippen MR) is 79.6 cm³/mol. The Bertz CT molecular complexity index is 569. The molecule has 1 aromatic carbocycles. The second kappa shape index (κ2) is 5.60. The molecule has 6 heteroatoms. The first-order valence-corrected chi connectivity index (χ1v) is 8.10. The van der Waals surface area contributed by atoms with Crippen LogP contribution in [-0.4, -0.2) is 40.6 Å². The van der Waals surface area contributed by atoms with Gasteiger partial charge in [-0.15, -0.1) is 0 Å². The molecule has 1 fully saturated rings. The van der Waals surface area contributed by atoms with Crippen molar-refractivity contribution in [2.24, 2.45) is 5.92 Å². The molecule has 3 rings (SSSR count). The molecule has 2 atom stereocenters. The average Bonchev–Trinajstić information content (AvgIpc) is 2.96. The summed E-state index contributed by atoms with van der Waals surface area (Å²) in [7, 11) is 0. The maximum Gasteiger partial charge on any atom is 0.330 e. The third kappa shape index (κ3) is 2.72. The fourth-order valence-corrected chi connectivity index (χ4v) is 4.05. The van der Waals surface area contributed by atoms with E-state index >= 15 is 0 Å². The molecule has 1 amide bonds. The summed E-state index contributed by atoms with van der Waals surface area (Å²) in [6, 6.07) is 7.63. The Morgan fingerprint density at radius 1 is 1.38 bits per heavy atom. The van der Waals surface area contributed by atoms with Gasteiger partial charge in [0.1, 0.15) is 17.9 Å². The second-order valence-corrected chi connectivity index (χ2v) is 6.60. The number of hydrogen-bond donors (Lipinski definition) is 2. The van der Waals surface area contributed by atoms with Crippen molar-refractivity contribution in [3.05, 3.63) is 29.8 Å². The van der Waals surface area contributed by atoms with E-state index in [2.05, 4.69) is 5.32 Å². The van der Waals surface area contributed by atoms with E-state index in [4.69, 9.17) is 4.74 Å². The van der Waals surface area contributed by atoms with Crippen molar-refractivity contribution in [3.8, 4) is 5.75 Å². The summed E-state index contributed by atoms with van der Waals surface area (Å²) < 4.78 is 5.60. The van der Waals surface area contributed by atoms with Gasteiger partial charge in [0, 0.05) is 5.75 Å². The summed E-state index contributed by atoms with van der Waals surface area (Å²) in [5.41, 5.74) is -0.118. The highest BCUT2D eigenvalue weighted by Crippen LogP contribution is 2.30. The lowest BCUT2D eigenvalue weighted by molar-refractivity contribution is -0.147. The van der Waals surface area contributed by atoms with E-state index in [1.54, 1.807) is 11.8 Å². The smallest absolute Gasteiger partial charge is 0.330 e. The number of nitrogens with one attached hydrogen (secondary N) is 1. The Morgan fingerprint density at radius 2 is 2.19 bits per heavy atom. The zero-order valence-corrected chi connectivity index (χ0v) is 12.3. The number of thioether (sulfide) groups is 1. The molecule has 0 radical (unpaired) electrons. The maximum absolute atomic E-state index is 12.4. The Morgan fingerprint density at radius 3 is 2.90 bits per heavy atom. The summed E-state index contributed by atoms with van der Waals surface area (Å²) in [4.78, 5) is 23.9. The molecule has 0 saturated carbocycles. The normalized spacial score (nSPS) is 27.5. The lowest BCUT2D eigenvalue weighted by Gasteiger charge is -2.29. The zero-order valence-electron chi connectivity index (χ0n) is 11.5. The first-order chi connectivity index (χ1) is 10.1. The largest absolute Gasteiger partial charge is 0.492 e. The lowest BCUT2D eigenvalue weighted by atomic mass is 9.93. The van der Waals surface area contributed by atoms with Gasteiger partial charge in [0.25, 0.3) is 0 Å². The minimum atomic E-state index is -1.11. The number of carbonyl (C=O) groups excluding carboxylic acids is 1. The Hall–Kier alpha value is -1.69. The molecule has 0 aromatic heterocycles. The Labute approximate surface area is 127 Å². The molecular formula is C15H17NO4S. The van der Waals surface area contributed by atoms with Crippen LogP contribution in [0, 0.1) is 5.92 Å². The van der Waals surface area contributed by atoms with Gasteiger partial charge in [0.05, 0.1) is 5.92 Å². The molecule has 21 heavy (non-hydrogen) atoms. The van der Waals surface area contributed by atoms with E-state index in [1.807, 2.05) is 24.3 Å². The van der Waals surface area contributed by atoms with Crippen LogP contribution in [0.4, 0.5) is 0 Å². The van der Waals surface area contributed by atoms with Crippen molar-refractivity contribution >= 4 is 23.6 Å². The molecular weight excluding hydrogens is 290 g/mol. The minimum Gasteiger partial charge on any atom is -0.492 e. The molecule has 0 aliphatic carbocycles. The number of amides is 1. The molecule has 5 nitrogen and oxygen atoms in total. The first-order valence-electron chi connectivity index (χ1n) is 6.95. The number of benzene rings is 1. The molecule has 112 valence electrons. The van der Waals surface area contributed by atoms with E-state index in [9.17, 15) is 14.7 Å². The van der Waals surface area contributed by atoms with Crippen LogP contribution in [0.25, 0.3) is 0 Å². The van der Waals surface area contributed by atoms with E-state index in [-0.39, 0.29) is 11.8 Å². The highest BCUT2D eigenvalue weighted by Gasteiger charge is 2.44. The van der Waals surface area contributed by atoms with Crippen molar-refractivity contribution in [2.45, 2.75) is 18.4 Å². The molecule has 0 spiro atoms. The van der Waals surface area contributed by atoms with Gasteiger partial charge in [-0.05, 0) is 30.2 Å². The van der Waals surface area contributed by atoms with Gasteiger partial charge in [0.2, 0.25) is 5.91 Å². The summed E-state index contributed by atoms with van der Waals surface area (Å²) in [6.07, 6.45) is 1.06. The number of carboxylic acids is 1. The third-order valence-corrected chi connectivity index (χ3v) is 5.23. The summed E-state index contributed by atoms with van der Waals surface area (Å²) in [5.74, 6) is 0.495. The van der Waals surface area contributed by atoms with Crippen molar-refractivity contribution in [3.63, 3.8) is 0 Å². The molecule has 1 aromatic rings. The number of carboxylic acid groups (broad SMARTS) is 1. The van der Waals surface area contributed by atoms with Crippen LogP contribution in [0.5, 0.6) is 5.75 Å². The van der Waals surface area contributed by atoms with Crippen LogP contribution in [0.1, 0.15) is 12.0 Å². The van der Waals surface area contributed by atoms with Crippen molar-refractivity contribution < 1.29 is 19.4 Å². The first kappa shape index (κ1) is 14.3. The van der Waals surface area contributed by atoms with Crippen molar-refractivity contribution in [2.75, 3.05) is 18.1 Å². The van der Waals surface area contributed by atoms with Gasteiger partial charge in [0.15, 0.2) is 0 Å². The van der Waals surface area contributed by atoms with Crippen molar-refractivity contribution in [1.82, 2.24) is 5.32 Å². The van der Waals surface area contributed by atoms with Gasteiger partial charge < -0.3 is 15.2 Å². The van der Waals surface area contributed by atoms with E-state index < -0.39 is 11.5 Å². The number of ether oxygens (including phenoxy) is 1. The summed E-state index contributed by atoms with van der Waals surface area (Å²) >= 11 is 1.56. The molecule has 2 N–H and O–H groups in total. The zero-order chi connectivity index (χ0) is 14.9. The molecule has 0 bridgehead atoms. The molecule has 2 heterocycles. The minimum absolute atomic E-state index is 0.227. The Balaban J connectivity index is 1.71. The van der Waals surface area contributed by atoms with E-state index in [1.165, 1.54) is 0 Å². The number of rotatable bonds is 3. The van der Waals surface area contributed by atoms with Crippen LogP contribution >= 0.6 is 11.8 Å². The van der Waals surface area contributed by atoms with Crippen LogP contribution in [0.15, 0.2) is 24.3 Å². The van der Waals surface area contributed by atoms with E-state index in [0.29, 0.717) is 25.2 Å². The quantitative estimate of drug-likeness (QED) is 0.881. The molecule has 2 aliphatic heterocycles. The van der Waals surface area contributed by atoms with Crippen LogP contribution in [0.3, 0.4) is 0 Å². The molecule has 1 saturated heterocycles. The van der Waals surface area contributed by atoms with Crippen molar-refractivity contribution in [1.29, 1.82) is 0 Å². The number of para-hydroxylation sites is 1. The molecule has 0 unspecified atom stereocenters. The second-order valence-electron chi connectivity index (χ2n) is 5.50. The lowest BCUT2D eigenvalue weighted by Crippen LogP contribution is -2.57. The van der Waals surface area contributed by atoms with Crippen LogP contribution < -0.4 is 10.1 Å². The number of fused-ring (bicyclic) bond motifs is 1. The van der Waals surface area contributed by atoms with Gasteiger partial charge >= 0.3 is 5.97 Å². The standard InChI is InChI=1S/C15H17NO4S/c17-13(16-15(14(18)19)5-6-21-9-15)11-7-10-3-1-2-4-12(10)20-8-11/h1-4,11H,5-9H2,(H,16,17)(H,18,19)/t11-,15+/m1/s1. The fourth-order valence-electron chi connectivity index (χ4n) is 2.72. The fraction of sp³-hybridized carbons (Fsp3) is 0.467. The van der Waals surface area contributed by atoms with Gasteiger partial charge in [-0.1, -0.05) is 18.2 Å². The third-order valence-electron chi connectivity index (χ3n) is 4.04. The SMILES string of the molecule is O=C(N[C@@]1(C(=O)O)CCSC1)[C@H]1COc2ccccc2C1. The average molecular weight is 307 g/mol. The maximum atomic E-state index is 12.4. The van der Waals surface area contributed by atoms with Crippen LogP contribution in [-0.2, 0) is 16.0 Å². The van der Waals surface area contributed by atoms with Gasteiger partial charge in [-0.2, -0.15) is 11.8 Å². The summed E-state index contributed by atoms with van der Waals surface area (Å²) in [6.45, 7) is 0.297. The predicted octanol–water partition coefficient (Wildman–Crippen LogP) is 1.31. The summed E-state index contributed by atoms with van der Waals surface area (Å²) in [5, 5.41) is 12.2. The Kier molecular flexibility index (Phi) is 3.80. The van der Waals surface area contributed by atoms with Gasteiger partial charge in [-0.3, -0.25) is 4.79 Å². The number of hydrogen-bond acceptors (Lipinski definition) is 4. The number of aliphatic carboxylic acids is 1. The topological polar surface area (TPSA) is 75.6 Å². The highest BCUT2D eigenvalue weighted by atomic mass is 32.2. The highest BCUT2D eigenvalue weighted by molar-refractivity contribution is 7.99. The molecule has 2 aliphatic rings. The van der Waals surface area contributed by atoms with Gasteiger partial charge in [-0.25, -0.2) is 4.79 Å². The van der Waals surface area contributed by atoms with E-state index in [0.717, 1.165) is 17.1 Å². The van der Waals surface area contributed by atoms with Crippen LogP contribution in [0.2, 0.25) is 0 Å².